The van der Waals surface area contributed by atoms with Crippen molar-refractivity contribution in [3.05, 3.63) is 40.1 Å². The van der Waals surface area contributed by atoms with Crippen molar-refractivity contribution < 1.29 is 4.42 Å². The lowest BCUT2D eigenvalue weighted by atomic mass is 10.0. The van der Waals surface area contributed by atoms with Gasteiger partial charge in [-0.05, 0) is 32.9 Å². The summed E-state index contributed by atoms with van der Waals surface area (Å²) < 4.78 is 7.46. The van der Waals surface area contributed by atoms with Crippen LogP contribution in [0.4, 0.5) is 0 Å². The van der Waals surface area contributed by atoms with Gasteiger partial charge in [-0.1, -0.05) is 18.5 Å². The van der Waals surface area contributed by atoms with Crippen molar-refractivity contribution in [3.63, 3.8) is 0 Å². The summed E-state index contributed by atoms with van der Waals surface area (Å²) in [4.78, 5) is 0. The van der Waals surface area contributed by atoms with Gasteiger partial charge in [-0.25, -0.2) is 0 Å². The van der Waals surface area contributed by atoms with Gasteiger partial charge in [0.15, 0.2) is 0 Å². The Morgan fingerprint density at radius 1 is 1.47 bits per heavy atom. The first kappa shape index (κ1) is 14.2. The van der Waals surface area contributed by atoms with E-state index in [0.29, 0.717) is 5.02 Å². The Balaban J connectivity index is 2.44. The number of hydrogen-bond acceptors (Lipinski definition) is 3. The van der Waals surface area contributed by atoms with E-state index in [1.54, 1.807) is 6.20 Å². The molecule has 5 heteroatoms. The maximum atomic E-state index is 6.27. The first-order chi connectivity index (χ1) is 9.04. The molecule has 19 heavy (non-hydrogen) atoms. The Kier molecular flexibility index (Phi) is 4.32. The molecule has 0 amide bonds. The van der Waals surface area contributed by atoms with Gasteiger partial charge >= 0.3 is 0 Å². The van der Waals surface area contributed by atoms with Gasteiger partial charge in [0.25, 0.3) is 0 Å². The number of aromatic nitrogens is 2. The van der Waals surface area contributed by atoms with Crippen LogP contribution in [0.2, 0.25) is 5.02 Å². The van der Waals surface area contributed by atoms with E-state index in [9.17, 15) is 0 Å². The van der Waals surface area contributed by atoms with Gasteiger partial charge in [-0.3, -0.25) is 4.68 Å². The van der Waals surface area contributed by atoms with Gasteiger partial charge in [0, 0.05) is 12.6 Å². The molecule has 1 atom stereocenters. The highest BCUT2D eigenvalue weighted by Gasteiger charge is 2.24. The van der Waals surface area contributed by atoms with E-state index in [1.165, 1.54) is 0 Å². The van der Waals surface area contributed by atoms with Crippen LogP contribution in [-0.4, -0.2) is 16.3 Å². The van der Waals surface area contributed by atoms with E-state index < -0.39 is 0 Å². The highest BCUT2D eigenvalue weighted by Crippen LogP contribution is 2.31. The molecule has 104 valence electrons. The minimum absolute atomic E-state index is 0.0115. The van der Waals surface area contributed by atoms with Crippen LogP contribution in [-0.2, 0) is 7.05 Å². The molecule has 1 unspecified atom stereocenters. The Labute approximate surface area is 118 Å². The fourth-order valence-corrected chi connectivity index (χ4v) is 2.60. The maximum absolute atomic E-state index is 6.27. The molecule has 4 nitrogen and oxygen atoms in total. The first-order valence-electron chi connectivity index (χ1n) is 6.52. The average Bonchev–Trinajstić information content (AvgIpc) is 2.85. The van der Waals surface area contributed by atoms with Gasteiger partial charge in [0.2, 0.25) is 0 Å². The lowest BCUT2D eigenvalue weighted by Crippen LogP contribution is -2.25. The zero-order valence-corrected chi connectivity index (χ0v) is 12.6. The van der Waals surface area contributed by atoms with Crippen LogP contribution in [0.25, 0.3) is 0 Å². The summed E-state index contributed by atoms with van der Waals surface area (Å²) in [6.07, 6.45) is 2.74. The average molecular weight is 282 g/mol. The summed E-state index contributed by atoms with van der Waals surface area (Å²) in [7, 11) is 1.91. The van der Waals surface area contributed by atoms with E-state index >= 15 is 0 Å². The van der Waals surface area contributed by atoms with Crippen LogP contribution in [0.1, 0.15) is 42.2 Å². The van der Waals surface area contributed by atoms with Crippen molar-refractivity contribution in [1.29, 1.82) is 0 Å². The Morgan fingerprint density at radius 3 is 2.68 bits per heavy atom. The molecule has 0 fully saturated rings. The Bertz CT molecular complexity index is 540. The summed E-state index contributed by atoms with van der Waals surface area (Å²) in [6.45, 7) is 6.99. The van der Waals surface area contributed by atoms with Crippen molar-refractivity contribution >= 4 is 11.6 Å². The lowest BCUT2D eigenvalue weighted by Gasteiger charge is -2.19. The fraction of sp³-hybridized carbons (Fsp3) is 0.500. The van der Waals surface area contributed by atoms with Gasteiger partial charge in [0.1, 0.15) is 11.5 Å². The quantitative estimate of drug-likeness (QED) is 0.914. The third-order valence-corrected chi connectivity index (χ3v) is 3.49. The van der Waals surface area contributed by atoms with Crippen molar-refractivity contribution in [2.24, 2.45) is 7.05 Å². The normalized spacial score (nSPS) is 12.9. The van der Waals surface area contributed by atoms with Crippen LogP contribution >= 0.6 is 11.6 Å². The third-order valence-electron chi connectivity index (χ3n) is 3.20. The van der Waals surface area contributed by atoms with Crippen molar-refractivity contribution in [2.45, 2.75) is 33.2 Å². The standard InChI is InChI=1S/C14H20ClN3O/c1-5-6-16-13(11-7-9(2)19-10(11)3)14-12(15)8-17-18(14)4/h7-8,13,16H,5-6H2,1-4H3. The molecule has 2 aromatic heterocycles. The largest absolute Gasteiger partial charge is 0.466 e. The number of rotatable bonds is 5. The van der Waals surface area contributed by atoms with E-state index in [0.717, 1.165) is 35.7 Å². The van der Waals surface area contributed by atoms with E-state index in [4.69, 9.17) is 16.0 Å². The molecule has 2 heterocycles. The molecule has 0 radical (unpaired) electrons. The summed E-state index contributed by atoms with van der Waals surface area (Å²) in [5, 5.41) is 8.42. The second-order valence-corrected chi connectivity index (χ2v) is 5.16. The van der Waals surface area contributed by atoms with E-state index in [1.807, 2.05) is 25.6 Å². The number of nitrogens with zero attached hydrogens (tertiary/aromatic N) is 2. The predicted octanol–water partition coefficient (Wildman–Crippen LogP) is 3.37. The molecular formula is C14H20ClN3O. The third kappa shape index (κ3) is 2.85. The second kappa shape index (κ2) is 5.80. The molecule has 0 aliphatic heterocycles. The van der Waals surface area contributed by atoms with E-state index in [2.05, 4.69) is 23.4 Å². The number of halogens is 1. The molecule has 0 spiro atoms. The fourth-order valence-electron chi connectivity index (χ4n) is 2.32. The predicted molar refractivity (Wildman–Crippen MR) is 76.5 cm³/mol. The van der Waals surface area contributed by atoms with Crippen LogP contribution in [0.3, 0.4) is 0 Å². The molecule has 0 aliphatic rings. The summed E-state index contributed by atoms with van der Waals surface area (Å²) in [5.41, 5.74) is 2.09. The summed E-state index contributed by atoms with van der Waals surface area (Å²) in [6, 6.07) is 2.07. The van der Waals surface area contributed by atoms with Gasteiger partial charge in [0.05, 0.1) is 23.0 Å². The first-order valence-corrected chi connectivity index (χ1v) is 6.90. The molecule has 0 aliphatic carbocycles. The molecule has 0 aromatic carbocycles. The zero-order chi connectivity index (χ0) is 14.0. The smallest absolute Gasteiger partial charge is 0.106 e. The topological polar surface area (TPSA) is 43.0 Å². The Hall–Kier alpha value is -1.26. The molecule has 1 N–H and O–H groups in total. The molecule has 0 saturated heterocycles. The van der Waals surface area contributed by atoms with Gasteiger partial charge in [-0.15, -0.1) is 0 Å². The van der Waals surface area contributed by atoms with Crippen molar-refractivity contribution in [1.82, 2.24) is 15.1 Å². The number of nitrogens with one attached hydrogen (secondary N) is 1. The van der Waals surface area contributed by atoms with Crippen LogP contribution in [0.5, 0.6) is 0 Å². The molecule has 0 bridgehead atoms. The molecular weight excluding hydrogens is 262 g/mol. The minimum Gasteiger partial charge on any atom is -0.466 e. The summed E-state index contributed by atoms with van der Waals surface area (Å²) in [5.74, 6) is 1.83. The van der Waals surface area contributed by atoms with Crippen molar-refractivity contribution in [3.8, 4) is 0 Å². The number of hydrogen-bond donors (Lipinski definition) is 1. The van der Waals surface area contributed by atoms with E-state index in [-0.39, 0.29) is 6.04 Å². The van der Waals surface area contributed by atoms with Crippen LogP contribution < -0.4 is 5.32 Å². The number of furan rings is 1. The van der Waals surface area contributed by atoms with Gasteiger partial charge in [-0.2, -0.15) is 5.10 Å². The Morgan fingerprint density at radius 2 is 2.21 bits per heavy atom. The van der Waals surface area contributed by atoms with Crippen molar-refractivity contribution in [2.75, 3.05) is 6.54 Å². The van der Waals surface area contributed by atoms with Crippen LogP contribution in [0, 0.1) is 13.8 Å². The van der Waals surface area contributed by atoms with Crippen LogP contribution in [0.15, 0.2) is 16.7 Å². The SMILES string of the molecule is CCCNC(c1cc(C)oc1C)c1c(Cl)cnn1C. The summed E-state index contributed by atoms with van der Waals surface area (Å²) >= 11 is 6.27. The minimum atomic E-state index is 0.0115. The highest BCUT2D eigenvalue weighted by atomic mass is 35.5. The monoisotopic (exact) mass is 281 g/mol. The molecule has 2 rings (SSSR count). The molecule has 2 aromatic rings. The van der Waals surface area contributed by atoms with Gasteiger partial charge < -0.3 is 9.73 Å². The second-order valence-electron chi connectivity index (χ2n) is 4.76. The number of aryl methyl sites for hydroxylation is 3. The lowest BCUT2D eigenvalue weighted by molar-refractivity contribution is 0.489. The highest BCUT2D eigenvalue weighted by molar-refractivity contribution is 6.31. The maximum Gasteiger partial charge on any atom is 0.106 e. The molecule has 0 saturated carbocycles. The zero-order valence-electron chi connectivity index (χ0n) is 11.8.